The van der Waals surface area contributed by atoms with Crippen molar-refractivity contribution in [1.82, 2.24) is 30.5 Å². The molecule has 0 bridgehead atoms. The van der Waals surface area contributed by atoms with Gasteiger partial charge < -0.3 is 30.9 Å². The Kier molecular flexibility index (Phi) is 9.44. The van der Waals surface area contributed by atoms with Crippen molar-refractivity contribution in [3.8, 4) is 21.8 Å². The molecule has 4 N–H and O–H groups in total. The topological polar surface area (TPSA) is 133 Å². The number of carbonyl (C=O) groups is 2. The number of ether oxygens (including phenoxy) is 1. The highest BCUT2D eigenvalue weighted by atomic mass is 32.1. The molecule has 0 atom stereocenters. The second-order valence-corrected chi connectivity index (χ2v) is 10.0. The number of carbonyl (C=O) groups excluding carboxylic acids is 2. The third-order valence-corrected chi connectivity index (χ3v) is 6.68. The Morgan fingerprint density at radius 3 is 2.63 bits per heavy atom. The highest BCUT2D eigenvalue weighted by Gasteiger charge is 2.18. The van der Waals surface area contributed by atoms with E-state index in [0.29, 0.717) is 56.7 Å². The van der Waals surface area contributed by atoms with Crippen molar-refractivity contribution in [1.29, 1.82) is 0 Å². The molecule has 0 unspecified atom stereocenters. The average Bonchev–Trinajstić information content (AvgIpc) is 3.39. The highest BCUT2D eigenvalue weighted by Crippen LogP contribution is 2.32. The highest BCUT2D eigenvalue weighted by molar-refractivity contribution is 7.18. The summed E-state index contributed by atoms with van der Waals surface area (Å²) >= 11 is 1.50. The number of hydrogen-bond acceptors (Lipinski definition) is 9. The molecule has 1 aliphatic rings. The molecule has 1 aromatic carbocycles. The van der Waals surface area contributed by atoms with Crippen molar-refractivity contribution >= 4 is 34.4 Å². The second-order valence-electron chi connectivity index (χ2n) is 9.01. The fraction of sp³-hybridized carbons (Fsp3) is 0.423. The lowest BCUT2D eigenvalue weighted by Crippen LogP contribution is -2.43. The van der Waals surface area contributed by atoms with Crippen molar-refractivity contribution in [2.24, 2.45) is 0 Å². The van der Waals surface area contributed by atoms with Gasteiger partial charge >= 0.3 is 6.03 Å². The van der Waals surface area contributed by atoms with E-state index in [-0.39, 0.29) is 24.5 Å². The van der Waals surface area contributed by atoms with Crippen LogP contribution in [0.2, 0.25) is 0 Å². The first-order valence-electron chi connectivity index (χ1n) is 12.7. The maximum absolute atomic E-state index is 12.7. The van der Waals surface area contributed by atoms with E-state index in [0.717, 1.165) is 21.1 Å². The van der Waals surface area contributed by atoms with E-state index in [2.05, 4.69) is 40.1 Å². The monoisotopic (exact) mass is 538 g/mol. The number of hydrogen-bond donors (Lipinski definition) is 4. The number of thiazole rings is 1. The number of nitrogens with one attached hydrogen (secondary N) is 4. The van der Waals surface area contributed by atoms with Gasteiger partial charge in [-0.05, 0) is 32.4 Å². The van der Waals surface area contributed by atoms with Crippen LogP contribution in [-0.4, -0.2) is 77.2 Å². The van der Waals surface area contributed by atoms with Crippen LogP contribution in [0.4, 0.5) is 15.9 Å². The van der Waals surface area contributed by atoms with E-state index < -0.39 is 0 Å². The Bertz CT molecular complexity index is 1240. The Labute approximate surface area is 226 Å². The van der Waals surface area contributed by atoms with Gasteiger partial charge in [0.1, 0.15) is 0 Å². The lowest BCUT2D eigenvalue weighted by Gasteiger charge is -2.26. The smallest absolute Gasteiger partial charge is 0.315 e. The number of nitrogens with zero attached hydrogens (tertiary/aromatic N) is 4. The van der Waals surface area contributed by atoms with Crippen LogP contribution in [-0.2, 0) is 16.1 Å². The van der Waals surface area contributed by atoms with Gasteiger partial charge in [0.05, 0.1) is 36.0 Å². The van der Waals surface area contributed by atoms with Gasteiger partial charge in [-0.2, -0.15) is 0 Å². The Morgan fingerprint density at radius 2 is 1.87 bits per heavy atom. The van der Waals surface area contributed by atoms with E-state index in [9.17, 15) is 9.59 Å². The summed E-state index contributed by atoms with van der Waals surface area (Å²) in [5, 5.41) is 12.9. The summed E-state index contributed by atoms with van der Waals surface area (Å²) in [5.41, 5.74) is 3.14. The molecular weight excluding hydrogens is 504 g/mol. The summed E-state index contributed by atoms with van der Waals surface area (Å²) in [6.07, 6.45) is 1.78. The molecule has 12 heteroatoms. The SMILES string of the molecule is CCNC(=O)NCc1ccccc1-c1cc(-c2cnc(NC(C)C)s2)nc(NCC(=O)N2CCOCC2)n1. The molecule has 0 saturated carbocycles. The normalized spacial score (nSPS) is 13.3. The van der Waals surface area contributed by atoms with Crippen LogP contribution in [0.3, 0.4) is 0 Å². The average molecular weight is 539 g/mol. The number of urea groups is 1. The van der Waals surface area contributed by atoms with Gasteiger partial charge in [0, 0.05) is 44.0 Å². The predicted octanol–water partition coefficient (Wildman–Crippen LogP) is 3.18. The van der Waals surface area contributed by atoms with Crippen LogP contribution in [0.5, 0.6) is 0 Å². The van der Waals surface area contributed by atoms with Crippen LogP contribution in [0.1, 0.15) is 26.3 Å². The molecule has 0 spiro atoms. The summed E-state index contributed by atoms with van der Waals surface area (Å²) < 4.78 is 5.35. The minimum Gasteiger partial charge on any atom is -0.378 e. The number of rotatable bonds is 10. The Morgan fingerprint density at radius 1 is 1.11 bits per heavy atom. The predicted molar refractivity (Wildman–Crippen MR) is 149 cm³/mol. The summed E-state index contributed by atoms with van der Waals surface area (Å²) in [5.74, 6) is 0.314. The second kappa shape index (κ2) is 13.2. The largest absolute Gasteiger partial charge is 0.378 e. The summed E-state index contributed by atoms with van der Waals surface area (Å²) in [6, 6.07) is 9.70. The number of anilines is 2. The van der Waals surface area contributed by atoms with Gasteiger partial charge in [-0.25, -0.2) is 19.7 Å². The minimum atomic E-state index is -0.232. The molecule has 4 rings (SSSR count). The number of morpholine rings is 1. The number of amides is 3. The van der Waals surface area contributed by atoms with Crippen molar-refractivity contribution in [2.45, 2.75) is 33.4 Å². The van der Waals surface area contributed by atoms with E-state index >= 15 is 0 Å². The molecule has 1 fully saturated rings. The molecule has 3 aromatic rings. The Hall–Kier alpha value is -3.77. The summed E-state index contributed by atoms with van der Waals surface area (Å²) in [6.45, 7) is 9.18. The quantitative estimate of drug-likeness (QED) is 0.309. The summed E-state index contributed by atoms with van der Waals surface area (Å²) in [7, 11) is 0. The Balaban J connectivity index is 1.63. The standard InChI is InChI=1S/C26H34N8O3S/c1-4-27-25(36)29-14-18-7-5-6-8-19(18)20-13-21(22-15-30-26(38-22)31-17(2)3)33-24(32-20)28-16-23(35)34-9-11-37-12-10-34/h5-8,13,15,17H,4,9-12,14,16H2,1-3H3,(H,30,31)(H2,27,29,36)(H,28,32,33). The molecular formula is C26H34N8O3S. The molecule has 3 heterocycles. The maximum atomic E-state index is 12.7. The van der Waals surface area contributed by atoms with Gasteiger partial charge in [-0.1, -0.05) is 35.6 Å². The van der Waals surface area contributed by atoms with E-state index in [4.69, 9.17) is 14.7 Å². The van der Waals surface area contributed by atoms with Gasteiger partial charge in [0.15, 0.2) is 5.13 Å². The first kappa shape index (κ1) is 27.3. The van der Waals surface area contributed by atoms with Crippen molar-refractivity contribution in [3.05, 3.63) is 42.1 Å². The minimum absolute atomic E-state index is 0.0309. The molecule has 1 aliphatic heterocycles. The molecule has 38 heavy (non-hydrogen) atoms. The summed E-state index contributed by atoms with van der Waals surface area (Å²) in [4.78, 5) is 41.3. The van der Waals surface area contributed by atoms with E-state index in [1.165, 1.54) is 11.3 Å². The zero-order valence-corrected chi connectivity index (χ0v) is 22.7. The van der Waals surface area contributed by atoms with Crippen LogP contribution in [0.25, 0.3) is 21.8 Å². The zero-order chi connectivity index (χ0) is 26.9. The van der Waals surface area contributed by atoms with Gasteiger partial charge in [-0.15, -0.1) is 0 Å². The van der Waals surface area contributed by atoms with Crippen molar-refractivity contribution < 1.29 is 14.3 Å². The van der Waals surface area contributed by atoms with Crippen molar-refractivity contribution in [3.63, 3.8) is 0 Å². The van der Waals surface area contributed by atoms with Gasteiger partial charge in [0.25, 0.3) is 0 Å². The van der Waals surface area contributed by atoms with Crippen LogP contribution in [0, 0.1) is 0 Å². The molecule has 11 nitrogen and oxygen atoms in total. The van der Waals surface area contributed by atoms with Crippen LogP contribution < -0.4 is 21.3 Å². The van der Waals surface area contributed by atoms with Crippen molar-refractivity contribution in [2.75, 3.05) is 50.0 Å². The third kappa shape index (κ3) is 7.39. The van der Waals surface area contributed by atoms with Crippen LogP contribution >= 0.6 is 11.3 Å². The number of aromatic nitrogens is 3. The fourth-order valence-corrected chi connectivity index (χ4v) is 4.82. The zero-order valence-electron chi connectivity index (χ0n) is 21.9. The van der Waals surface area contributed by atoms with Gasteiger partial charge in [-0.3, -0.25) is 4.79 Å². The lowest BCUT2D eigenvalue weighted by molar-refractivity contribution is -0.133. The molecule has 0 aliphatic carbocycles. The van der Waals surface area contributed by atoms with E-state index in [1.54, 1.807) is 11.1 Å². The first-order chi connectivity index (χ1) is 18.4. The molecule has 202 valence electrons. The number of benzene rings is 1. The molecule has 0 radical (unpaired) electrons. The molecule has 3 amide bonds. The lowest BCUT2D eigenvalue weighted by atomic mass is 10.0. The molecule has 2 aromatic heterocycles. The third-order valence-electron chi connectivity index (χ3n) is 5.73. The fourth-order valence-electron chi connectivity index (χ4n) is 3.90. The van der Waals surface area contributed by atoms with Gasteiger partial charge in [0.2, 0.25) is 11.9 Å². The first-order valence-corrected chi connectivity index (χ1v) is 13.6. The molecule has 1 saturated heterocycles. The maximum Gasteiger partial charge on any atom is 0.315 e. The van der Waals surface area contributed by atoms with E-state index in [1.807, 2.05) is 37.3 Å². The van der Waals surface area contributed by atoms with Crippen LogP contribution in [0.15, 0.2) is 36.5 Å².